The first-order chi connectivity index (χ1) is 12.2. The van der Waals surface area contributed by atoms with Crippen molar-refractivity contribution in [2.24, 2.45) is 5.92 Å². The van der Waals surface area contributed by atoms with Crippen molar-refractivity contribution >= 4 is 5.91 Å². The van der Waals surface area contributed by atoms with Crippen molar-refractivity contribution in [1.82, 2.24) is 9.88 Å². The number of carbonyl (C=O) groups excluding carboxylic acids is 1. The van der Waals surface area contributed by atoms with E-state index in [2.05, 4.69) is 4.98 Å². The van der Waals surface area contributed by atoms with Crippen LogP contribution in [0, 0.1) is 11.7 Å². The lowest BCUT2D eigenvalue weighted by Crippen LogP contribution is -2.44. The highest BCUT2D eigenvalue weighted by molar-refractivity contribution is 5.79. The first-order valence-electron chi connectivity index (χ1n) is 9.17. The van der Waals surface area contributed by atoms with Gasteiger partial charge in [0.05, 0.1) is 12.1 Å². The summed E-state index contributed by atoms with van der Waals surface area (Å²) in [5, 5.41) is 0. The zero-order valence-corrected chi connectivity index (χ0v) is 14.3. The molecule has 1 atom stereocenters. The number of hydrogen-bond acceptors (Lipinski definition) is 3. The van der Waals surface area contributed by atoms with Crippen LogP contribution in [-0.2, 0) is 11.2 Å². The lowest BCUT2D eigenvalue weighted by Gasteiger charge is -2.36. The molecule has 1 aromatic carbocycles. The Morgan fingerprint density at radius 1 is 1.24 bits per heavy atom. The third-order valence-corrected chi connectivity index (χ3v) is 5.43. The number of halogens is 1. The molecule has 0 N–H and O–H groups in total. The molecule has 25 heavy (non-hydrogen) atoms. The quantitative estimate of drug-likeness (QED) is 0.846. The molecule has 2 heterocycles. The van der Waals surface area contributed by atoms with E-state index in [0.717, 1.165) is 32.2 Å². The zero-order chi connectivity index (χ0) is 17.2. The molecule has 1 aliphatic heterocycles. The van der Waals surface area contributed by atoms with Gasteiger partial charge in [-0.2, -0.15) is 0 Å². The summed E-state index contributed by atoms with van der Waals surface area (Å²) in [6, 6.07) is 6.72. The van der Waals surface area contributed by atoms with E-state index >= 15 is 0 Å². The average molecular weight is 342 g/mol. The molecule has 1 saturated heterocycles. The van der Waals surface area contributed by atoms with E-state index < -0.39 is 0 Å². The number of benzene rings is 1. The van der Waals surface area contributed by atoms with Gasteiger partial charge in [0, 0.05) is 25.4 Å². The van der Waals surface area contributed by atoms with Crippen LogP contribution in [0.1, 0.15) is 55.2 Å². The van der Waals surface area contributed by atoms with Crippen LogP contribution in [0.25, 0.3) is 0 Å². The van der Waals surface area contributed by atoms with E-state index in [1.807, 2.05) is 11.0 Å². The molecule has 1 saturated carbocycles. The largest absolute Gasteiger partial charge is 0.445 e. The number of amides is 1. The molecule has 4 nitrogen and oxygen atoms in total. The number of oxazole rings is 1. The SMILES string of the molecule is O=C(C1CCC1)N1CCCC(c2ncc(Cc3ccccc3F)o2)C1. The molecular formula is C20H23FN2O2. The van der Waals surface area contributed by atoms with Crippen LogP contribution >= 0.6 is 0 Å². The summed E-state index contributed by atoms with van der Waals surface area (Å²) in [6.45, 7) is 1.53. The summed E-state index contributed by atoms with van der Waals surface area (Å²) in [4.78, 5) is 18.9. The van der Waals surface area contributed by atoms with Gasteiger partial charge < -0.3 is 9.32 Å². The number of nitrogens with zero attached hydrogens (tertiary/aromatic N) is 2. The minimum atomic E-state index is -0.226. The molecule has 4 rings (SSSR count). The van der Waals surface area contributed by atoms with Crippen molar-refractivity contribution in [2.75, 3.05) is 13.1 Å². The predicted molar refractivity (Wildman–Crippen MR) is 91.6 cm³/mol. The van der Waals surface area contributed by atoms with Crippen LogP contribution in [0.15, 0.2) is 34.9 Å². The van der Waals surface area contributed by atoms with E-state index in [0.29, 0.717) is 36.1 Å². The molecule has 1 unspecified atom stereocenters. The Morgan fingerprint density at radius 3 is 2.84 bits per heavy atom. The minimum Gasteiger partial charge on any atom is -0.445 e. The molecule has 0 spiro atoms. The Hall–Kier alpha value is -2.17. The molecule has 1 aromatic heterocycles. The molecule has 5 heteroatoms. The van der Waals surface area contributed by atoms with Gasteiger partial charge in [0.1, 0.15) is 11.6 Å². The number of likely N-dealkylation sites (tertiary alicyclic amines) is 1. The monoisotopic (exact) mass is 342 g/mol. The average Bonchev–Trinajstić information content (AvgIpc) is 3.04. The van der Waals surface area contributed by atoms with E-state index in [1.165, 1.54) is 12.5 Å². The molecule has 2 aliphatic rings. The fourth-order valence-electron chi connectivity index (χ4n) is 3.71. The van der Waals surface area contributed by atoms with Gasteiger partial charge in [0.25, 0.3) is 0 Å². The Balaban J connectivity index is 1.42. The van der Waals surface area contributed by atoms with Gasteiger partial charge in [-0.3, -0.25) is 4.79 Å². The maximum absolute atomic E-state index is 13.8. The number of carbonyl (C=O) groups is 1. The Morgan fingerprint density at radius 2 is 2.08 bits per heavy atom. The van der Waals surface area contributed by atoms with E-state index in [9.17, 15) is 9.18 Å². The van der Waals surface area contributed by atoms with Crippen molar-refractivity contribution in [1.29, 1.82) is 0 Å². The summed E-state index contributed by atoms with van der Waals surface area (Å²) >= 11 is 0. The van der Waals surface area contributed by atoms with E-state index in [4.69, 9.17) is 4.42 Å². The third kappa shape index (κ3) is 3.46. The van der Waals surface area contributed by atoms with Crippen LogP contribution in [0.3, 0.4) is 0 Å². The number of rotatable bonds is 4. The molecule has 0 bridgehead atoms. The minimum absolute atomic E-state index is 0.146. The fraction of sp³-hybridized carbons (Fsp3) is 0.500. The number of aromatic nitrogens is 1. The van der Waals surface area contributed by atoms with Gasteiger partial charge in [-0.15, -0.1) is 0 Å². The smallest absolute Gasteiger partial charge is 0.225 e. The Labute approximate surface area is 147 Å². The predicted octanol–water partition coefficient (Wildman–Crippen LogP) is 3.91. The third-order valence-electron chi connectivity index (χ3n) is 5.43. The van der Waals surface area contributed by atoms with Crippen molar-refractivity contribution in [3.8, 4) is 0 Å². The van der Waals surface area contributed by atoms with Crippen LogP contribution in [0.2, 0.25) is 0 Å². The highest BCUT2D eigenvalue weighted by atomic mass is 19.1. The molecule has 2 aromatic rings. The van der Waals surface area contributed by atoms with Crippen molar-refractivity contribution < 1.29 is 13.6 Å². The lowest BCUT2D eigenvalue weighted by atomic mass is 9.83. The summed E-state index contributed by atoms with van der Waals surface area (Å²) in [5.41, 5.74) is 0.607. The second-order valence-electron chi connectivity index (χ2n) is 7.18. The molecule has 0 radical (unpaired) electrons. The first-order valence-corrected chi connectivity index (χ1v) is 9.17. The van der Waals surface area contributed by atoms with Gasteiger partial charge in [0.15, 0.2) is 5.89 Å². The number of hydrogen-bond donors (Lipinski definition) is 0. The van der Waals surface area contributed by atoms with E-state index in [-0.39, 0.29) is 17.7 Å². The topological polar surface area (TPSA) is 46.3 Å². The van der Waals surface area contributed by atoms with Crippen LogP contribution in [0.4, 0.5) is 4.39 Å². The Bertz CT molecular complexity index is 754. The summed E-state index contributed by atoms with van der Waals surface area (Å²) in [6.07, 6.45) is 7.29. The van der Waals surface area contributed by atoms with Crippen molar-refractivity contribution in [2.45, 2.75) is 44.4 Å². The summed E-state index contributed by atoms with van der Waals surface area (Å²) < 4.78 is 19.7. The first kappa shape index (κ1) is 16.3. The van der Waals surface area contributed by atoms with Crippen LogP contribution in [0.5, 0.6) is 0 Å². The second kappa shape index (κ2) is 6.98. The standard InChI is InChI=1S/C20H23FN2O2/c21-18-9-2-1-5-15(18)11-17-12-22-19(25-17)16-8-4-10-23(13-16)20(24)14-6-3-7-14/h1-2,5,9,12,14,16H,3-4,6-8,10-11,13H2. The highest BCUT2D eigenvalue weighted by Gasteiger charge is 2.33. The van der Waals surface area contributed by atoms with Gasteiger partial charge in [-0.25, -0.2) is 9.37 Å². The van der Waals surface area contributed by atoms with Gasteiger partial charge in [0.2, 0.25) is 5.91 Å². The molecule has 1 amide bonds. The molecule has 1 aliphatic carbocycles. The Kier molecular flexibility index (Phi) is 4.55. The fourth-order valence-corrected chi connectivity index (χ4v) is 3.71. The van der Waals surface area contributed by atoms with Gasteiger partial charge >= 0.3 is 0 Å². The molecule has 2 fully saturated rings. The summed E-state index contributed by atoms with van der Waals surface area (Å²) in [5.74, 6) is 1.80. The van der Waals surface area contributed by atoms with Crippen molar-refractivity contribution in [3.63, 3.8) is 0 Å². The number of piperidine rings is 1. The van der Waals surface area contributed by atoms with Gasteiger partial charge in [-0.1, -0.05) is 24.6 Å². The molecular weight excluding hydrogens is 319 g/mol. The lowest BCUT2D eigenvalue weighted by molar-refractivity contribution is -0.139. The van der Waals surface area contributed by atoms with E-state index in [1.54, 1.807) is 18.3 Å². The molecule has 132 valence electrons. The normalized spacial score (nSPS) is 21.2. The van der Waals surface area contributed by atoms with Crippen LogP contribution in [-0.4, -0.2) is 28.9 Å². The van der Waals surface area contributed by atoms with Gasteiger partial charge in [-0.05, 0) is 37.3 Å². The second-order valence-corrected chi connectivity index (χ2v) is 7.18. The maximum atomic E-state index is 13.8. The maximum Gasteiger partial charge on any atom is 0.225 e. The summed E-state index contributed by atoms with van der Waals surface area (Å²) in [7, 11) is 0. The van der Waals surface area contributed by atoms with Crippen molar-refractivity contribution in [3.05, 3.63) is 53.5 Å². The highest BCUT2D eigenvalue weighted by Crippen LogP contribution is 2.32. The zero-order valence-electron chi connectivity index (χ0n) is 14.3. The van der Waals surface area contributed by atoms with Crippen LogP contribution < -0.4 is 0 Å².